The third kappa shape index (κ3) is 4.98. The molecule has 0 saturated heterocycles. The van der Waals surface area contributed by atoms with E-state index in [1.165, 1.54) is 48.2 Å². The Balaban J connectivity index is 1.23. The minimum atomic E-state index is -4.69. The van der Waals surface area contributed by atoms with Gasteiger partial charge in [-0.25, -0.2) is 9.07 Å². The molecule has 4 aromatic carbocycles. The standard InChI is InChI=1S/C42H22F4N4O5S2/c1-55-29-12-11-22-25(32-33(39(52)48-38(32)51)27-18-57-31-13-10-19(14-23(27)31)42(44,45)46)16-49(37(22)36(29)43)50-40(53)34(24-15-47-28-8-4-2-6-20(24)28)35(41(50)54)26-17-56-30-9-5-3-7-21(26)30/h2-18,47H,1H3,(H,48,51,52). The fourth-order valence-corrected chi connectivity index (χ4v) is 9.67. The third-order valence-corrected chi connectivity index (χ3v) is 12.3. The van der Waals surface area contributed by atoms with Gasteiger partial charge in [-0.1, -0.05) is 36.4 Å². The number of H-pyrrole nitrogens is 1. The number of thiophene rings is 2. The van der Waals surface area contributed by atoms with Crippen LogP contribution < -0.4 is 15.1 Å². The quantitative estimate of drug-likeness (QED) is 0.129. The first-order valence-electron chi connectivity index (χ1n) is 17.2. The van der Waals surface area contributed by atoms with E-state index in [2.05, 4.69) is 10.3 Å². The number of ether oxygens (including phenoxy) is 1. The number of aromatic nitrogens is 2. The summed E-state index contributed by atoms with van der Waals surface area (Å²) in [6.45, 7) is 0. The van der Waals surface area contributed by atoms with Crippen molar-refractivity contribution >= 4 is 111 Å². The zero-order valence-electron chi connectivity index (χ0n) is 29.1. The van der Waals surface area contributed by atoms with E-state index >= 15 is 4.39 Å². The van der Waals surface area contributed by atoms with Crippen molar-refractivity contribution in [3.8, 4) is 5.75 Å². The van der Waals surface area contributed by atoms with Gasteiger partial charge in [0.25, 0.3) is 23.6 Å². The van der Waals surface area contributed by atoms with Crippen molar-refractivity contribution in [2.75, 3.05) is 12.1 Å². The van der Waals surface area contributed by atoms with Crippen LogP contribution >= 0.6 is 22.7 Å². The molecule has 9 nitrogen and oxygen atoms in total. The topological polar surface area (TPSA) is 114 Å². The number of amides is 4. The number of methoxy groups -OCH3 is 1. The lowest BCUT2D eigenvalue weighted by atomic mass is 9.95. The van der Waals surface area contributed by atoms with Gasteiger partial charge in [0.05, 0.1) is 35.0 Å². The number of rotatable bonds is 6. The van der Waals surface area contributed by atoms with Crippen LogP contribution in [0.25, 0.3) is 64.3 Å². The Morgan fingerprint density at radius 3 is 2.02 bits per heavy atom. The molecule has 0 bridgehead atoms. The number of nitrogens with zero attached hydrogens (tertiary/aromatic N) is 2. The number of imide groups is 2. The highest BCUT2D eigenvalue weighted by Gasteiger charge is 2.45. The summed E-state index contributed by atoms with van der Waals surface area (Å²) in [5.74, 6) is -4.60. The predicted molar refractivity (Wildman–Crippen MR) is 210 cm³/mol. The predicted octanol–water partition coefficient (Wildman–Crippen LogP) is 8.90. The normalized spacial score (nSPS) is 15.2. The van der Waals surface area contributed by atoms with Gasteiger partial charge in [0.1, 0.15) is 5.52 Å². The van der Waals surface area contributed by atoms with Crippen LogP contribution in [-0.4, -0.2) is 40.4 Å². The number of hydrogen-bond acceptors (Lipinski definition) is 7. The number of nitrogens with one attached hydrogen (secondary N) is 2. The number of alkyl halides is 3. The van der Waals surface area contributed by atoms with Crippen LogP contribution in [0.3, 0.4) is 0 Å². The van der Waals surface area contributed by atoms with E-state index < -0.39 is 41.2 Å². The van der Waals surface area contributed by atoms with Crippen LogP contribution in [0.15, 0.2) is 102 Å². The average Bonchev–Trinajstić information content (AvgIpc) is 4.04. The van der Waals surface area contributed by atoms with Crippen molar-refractivity contribution in [2.24, 2.45) is 0 Å². The summed E-state index contributed by atoms with van der Waals surface area (Å²) in [5, 5.41) is 7.76. The van der Waals surface area contributed by atoms with Crippen LogP contribution in [-0.2, 0) is 25.4 Å². The van der Waals surface area contributed by atoms with Gasteiger partial charge in [-0.05, 0) is 42.5 Å². The van der Waals surface area contributed by atoms with Crippen molar-refractivity contribution < 1.29 is 41.5 Å². The number of carbonyl (C=O) groups is 4. The van der Waals surface area contributed by atoms with Gasteiger partial charge in [-0.3, -0.25) is 24.5 Å². The molecule has 8 aromatic rings. The molecule has 0 atom stereocenters. The van der Waals surface area contributed by atoms with E-state index in [4.69, 9.17) is 4.74 Å². The van der Waals surface area contributed by atoms with Gasteiger partial charge < -0.3 is 9.72 Å². The van der Waals surface area contributed by atoms with Crippen LogP contribution in [0.4, 0.5) is 17.6 Å². The van der Waals surface area contributed by atoms with Crippen molar-refractivity contribution in [3.05, 3.63) is 136 Å². The van der Waals surface area contributed by atoms with Crippen molar-refractivity contribution in [1.82, 2.24) is 15.0 Å². The molecule has 4 aromatic heterocycles. The molecule has 280 valence electrons. The Labute approximate surface area is 325 Å². The molecular formula is C42H22F4N4O5S2. The molecule has 0 radical (unpaired) electrons. The van der Waals surface area contributed by atoms with Gasteiger partial charge in [0.15, 0.2) is 11.6 Å². The third-order valence-electron chi connectivity index (χ3n) is 10.3. The Kier molecular flexibility index (Phi) is 7.49. The second kappa shape index (κ2) is 12.3. The lowest BCUT2D eigenvalue weighted by molar-refractivity contribution is -0.137. The van der Waals surface area contributed by atoms with Gasteiger partial charge in [0.2, 0.25) is 0 Å². The smallest absolute Gasteiger partial charge is 0.416 e. The molecule has 6 heterocycles. The highest BCUT2D eigenvalue weighted by Crippen LogP contribution is 2.46. The maximum absolute atomic E-state index is 16.7. The summed E-state index contributed by atoms with van der Waals surface area (Å²) in [5.41, 5.74) is -0.0735. The van der Waals surface area contributed by atoms with Crippen LogP contribution in [0.2, 0.25) is 0 Å². The Morgan fingerprint density at radius 2 is 1.30 bits per heavy atom. The van der Waals surface area contributed by atoms with E-state index in [9.17, 15) is 32.3 Å². The average molecular weight is 803 g/mol. The number of carbonyl (C=O) groups excluding carboxylic acids is 4. The van der Waals surface area contributed by atoms with Gasteiger partial charge in [-0.2, -0.15) is 18.2 Å². The molecule has 15 heteroatoms. The Hall–Kier alpha value is -6.84. The number of fused-ring (bicyclic) bond motifs is 4. The SMILES string of the molecule is COc1ccc2c(C3=C(c4csc5ccc(C(F)(F)F)cc45)C(=O)NC3=O)cn(N3C(=O)C(c4c[nH]c5ccccc45)=C(c4csc5ccccc45)C3=O)c2c1F. The van der Waals surface area contributed by atoms with Crippen LogP contribution in [0.1, 0.15) is 27.8 Å². The molecule has 10 rings (SSSR count). The van der Waals surface area contributed by atoms with E-state index in [-0.39, 0.29) is 55.5 Å². The van der Waals surface area contributed by atoms with Crippen molar-refractivity contribution in [1.29, 1.82) is 0 Å². The van der Waals surface area contributed by atoms with Crippen LogP contribution in [0.5, 0.6) is 5.75 Å². The second-order valence-electron chi connectivity index (χ2n) is 13.3. The second-order valence-corrected chi connectivity index (χ2v) is 15.1. The zero-order chi connectivity index (χ0) is 39.5. The maximum Gasteiger partial charge on any atom is 0.416 e. The summed E-state index contributed by atoms with van der Waals surface area (Å²) in [4.78, 5) is 60.5. The van der Waals surface area contributed by atoms with Gasteiger partial charge >= 0.3 is 6.18 Å². The zero-order valence-corrected chi connectivity index (χ0v) is 30.7. The monoisotopic (exact) mass is 802 g/mol. The first-order chi connectivity index (χ1) is 27.5. The number of benzene rings is 4. The van der Waals surface area contributed by atoms with E-state index in [0.29, 0.717) is 26.7 Å². The fraction of sp³-hybridized carbons (Fsp3) is 0.0476. The van der Waals surface area contributed by atoms with E-state index in [1.54, 1.807) is 23.7 Å². The summed E-state index contributed by atoms with van der Waals surface area (Å²) in [6.07, 6.45) is -1.84. The number of halogens is 4. The summed E-state index contributed by atoms with van der Waals surface area (Å²) in [6, 6.07) is 20.5. The van der Waals surface area contributed by atoms with Crippen molar-refractivity contribution in [2.45, 2.75) is 6.18 Å². The molecule has 0 fully saturated rings. The van der Waals surface area contributed by atoms with Gasteiger partial charge in [-0.15, -0.1) is 22.7 Å². The van der Waals surface area contributed by atoms with E-state index in [0.717, 1.165) is 43.2 Å². The minimum absolute atomic E-state index is 0.0184. The summed E-state index contributed by atoms with van der Waals surface area (Å²) < 4.78 is 65.8. The first kappa shape index (κ1) is 34.6. The number of para-hydroxylation sites is 1. The molecule has 4 amide bonds. The molecule has 0 unspecified atom stereocenters. The molecule has 0 aliphatic carbocycles. The maximum atomic E-state index is 16.7. The Morgan fingerprint density at radius 1 is 0.667 bits per heavy atom. The molecule has 0 spiro atoms. The highest BCUT2D eigenvalue weighted by molar-refractivity contribution is 7.18. The van der Waals surface area contributed by atoms with Crippen LogP contribution in [0, 0.1) is 5.82 Å². The highest BCUT2D eigenvalue weighted by atomic mass is 32.1. The Bertz CT molecular complexity index is 3100. The van der Waals surface area contributed by atoms with Gasteiger partial charge in [0, 0.05) is 81.9 Å². The molecular weight excluding hydrogens is 781 g/mol. The molecule has 2 N–H and O–H groups in total. The lowest BCUT2D eigenvalue weighted by Gasteiger charge is -2.18. The number of aromatic amines is 1. The first-order valence-corrected chi connectivity index (χ1v) is 18.9. The molecule has 2 aliphatic heterocycles. The van der Waals surface area contributed by atoms with Crippen molar-refractivity contribution in [3.63, 3.8) is 0 Å². The molecule has 57 heavy (non-hydrogen) atoms. The summed E-state index contributed by atoms with van der Waals surface area (Å²) in [7, 11) is 1.24. The number of hydrogen-bond donors (Lipinski definition) is 2. The fourth-order valence-electron chi connectivity index (χ4n) is 7.79. The summed E-state index contributed by atoms with van der Waals surface area (Å²) >= 11 is 2.46. The van der Waals surface area contributed by atoms with E-state index in [1.807, 2.05) is 36.4 Å². The molecule has 2 aliphatic rings. The largest absolute Gasteiger partial charge is 0.494 e. The lowest BCUT2D eigenvalue weighted by Crippen LogP contribution is -2.41. The minimum Gasteiger partial charge on any atom is -0.494 e. The molecule has 0 saturated carbocycles.